The molecule has 1 fully saturated rings. The lowest BCUT2D eigenvalue weighted by molar-refractivity contribution is 0.222. The molecule has 1 aliphatic carbocycles. The molecule has 2 heteroatoms. The molecule has 1 saturated carbocycles. The number of anilines is 1. The van der Waals surface area contributed by atoms with Crippen molar-refractivity contribution >= 4 is 5.69 Å². The van der Waals surface area contributed by atoms with Crippen molar-refractivity contribution < 1.29 is 0 Å². The van der Waals surface area contributed by atoms with Gasteiger partial charge in [0.2, 0.25) is 0 Å². The second-order valence-corrected chi connectivity index (χ2v) is 7.17. The van der Waals surface area contributed by atoms with Gasteiger partial charge >= 0.3 is 0 Å². The maximum atomic E-state index is 5.64. The Hall–Kier alpha value is -1.02. The number of hydrogen-bond donors (Lipinski definition) is 1. The van der Waals surface area contributed by atoms with Gasteiger partial charge in [-0.25, -0.2) is 0 Å². The highest BCUT2D eigenvalue weighted by Gasteiger charge is 2.29. The summed E-state index contributed by atoms with van der Waals surface area (Å²) in [6.07, 6.45) is 6.28. The third kappa shape index (κ3) is 3.54. The van der Waals surface area contributed by atoms with Crippen molar-refractivity contribution in [3.05, 3.63) is 29.3 Å². The van der Waals surface area contributed by atoms with E-state index in [9.17, 15) is 0 Å². The summed E-state index contributed by atoms with van der Waals surface area (Å²) in [6, 6.07) is 7.51. The van der Waals surface area contributed by atoms with Crippen LogP contribution in [0, 0.1) is 12.3 Å². The summed E-state index contributed by atoms with van der Waals surface area (Å²) in [5, 5.41) is 0. The van der Waals surface area contributed by atoms with Gasteiger partial charge in [0.25, 0.3) is 0 Å². The average Bonchev–Trinajstić information content (AvgIpc) is 2.38. The second kappa shape index (κ2) is 6.17. The fourth-order valence-corrected chi connectivity index (χ4v) is 3.40. The molecule has 1 aliphatic rings. The largest absolute Gasteiger partial charge is 0.371 e. The Morgan fingerprint density at radius 2 is 1.90 bits per heavy atom. The Kier molecular flexibility index (Phi) is 4.74. The molecule has 0 spiro atoms. The van der Waals surface area contributed by atoms with E-state index in [0.717, 1.165) is 13.0 Å². The highest BCUT2D eigenvalue weighted by molar-refractivity contribution is 5.54. The van der Waals surface area contributed by atoms with Crippen molar-refractivity contribution in [2.45, 2.75) is 58.9 Å². The van der Waals surface area contributed by atoms with Gasteiger partial charge < -0.3 is 10.6 Å². The van der Waals surface area contributed by atoms with Gasteiger partial charge in [0, 0.05) is 18.8 Å². The van der Waals surface area contributed by atoms with E-state index in [1.165, 1.54) is 42.5 Å². The zero-order chi connectivity index (χ0) is 14.8. The van der Waals surface area contributed by atoms with E-state index in [-0.39, 0.29) is 0 Å². The van der Waals surface area contributed by atoms with Crippen molar-refractivity contribution in [1.82, 2.24) is 0 Å². The van der Waals surface area contributed by atoms with Crippen molar-refractivity contribution in [3.8, 4) is 0 Å². The number of hydrogen-bond acceptors (Lipinski definition) is 2. The van der Waals surface area contributed by atoms with Crippen LogP contribution in [0.25, 0.3) is 0 Å². The Balaban J connectivity index is 2.07. The molecule has 1 aromatic carbocycles. The fourth-order valence-electron chi connectivity index (χ4n) is 3.40. The molecule has 20 heavy (non-hydrogen) atoms. The SMILES string of the molecule is Cc1cc(CCN)ccc1N(C)C1CCC(C)(C)CC1. The highest BCUT2D eigenvalue weighted by Crippen LogP contribution is 2.38. The fraction of sp³-hybridized carbons (Fsp3) is 0.667. The average molecular weight is 274 g/mol. The number of rotatable bonds is 4. The first-order valence-corrected chi connectivity index (χ1v) is 7.95. The molecule has 0 aromatic heterocycles. The Morgan fingerprint density at radius 3 is 2.45 bits per heavy atom. The van der Waals surface area contributed by atoms with Crippen LogP contribution in [0.15, 0.2) is 18.2 Å². The molecule has 0 radical (unpaired) electrons. The third-order valence-electron chi connectivity index (χ3n) is 4.93. The molecule has 0 bridgehead atoms. The minimum Gasteiger partial charge on any atom is -0.371 e. The smallest absolute Gasteiger partial charge is 0.0396 e. The maximum Gasteiger partial charge on any atom is 0.0396 e. The van der Waals surface area contributed by atoms with Crippen LogP contribution in [0.3, 0.4) is 0 Å². The van der Waals surface area contributed by atoms with Crippen LogP contribution in [-0.4, -0.2) is 19.6 Å². The molecule has 0 atom stereocenters. The van der Waals surface area contributed by atoms with E-state index in [1.54, 1.807) is 0 Å². The molecular formula is C18H30N2. The predicted molar refractivity (Wildman–Crippen MR) is 88.4 cm³/mol. The normalized spacial score (nSPS) is 19.1. The van der Waals surface area contributed by atoms with E-state index < -0.39 is 0 Å². The minimum absolute atomic E-state index is 0.539. The Labute approximate surface area is 124 Å². The quantitative estimate of drug-likeness (QED) is 0.902. The lowest BCUT2D eigenvalue weighted by Crippen LogP contribution is -2.37. The zero-order valence-corrected chi connectivity index (χ0v) is 13.6. The summed E-state index contributed by atoms with van der Waals surface area (Å²) in [6.45, 7) is 7.75. The van der Waals surface area contributed by atoms with E-state index in [4.69, 9.17) is 5.73 Å². The van der Waals surface area contributed by atoms with E-state index in [2.05, 4.69) is 50.9 Å². The summed E-state index contributed by atoms with van der Waals surface area (Å²) in [4.78, 5) is 2.50. The molecule has 1 aromatic rings. The van der Waals surface area contributed by atoms with Gasteiger partial charge in [-0.2, -0.15) is 0 Å². The molecule has 0 aliphatic heterocycles. The van der Waals surface area contributed by atoms with Crippen molar-refractivity contribution in [3.63, 3.8) is 0 Å². The van der Waals surface area contributed by atoms with Crippen LogP contribution in [-0.2, 0) is 6.42 Å². The second-order valence-electron chi connectivity index (χ2n) is 7.17. The molecule has 0 amide bonds. The van der Waals surface area contributed by atoms with E-state index in [1.807, 2.05) is 0 Å². The van der Waals surface area contributed by atoms with Crippen molar-refractivity contribution in [2.24, 2.45) is 11.1 Å². The van der Waals surface area contributed by atoms with Gasteiger partial charge in [0.1, 0.15) is 0 Å². The standard InChI is InChI=1S/C18H30N2/c1-14-13-15(9-12-19)5-6-17(14)20(4)16-7-10-18(2,3)11-8-16/h5-6,13,16H,7-12,19H2,1-4H3. The maximum absolute atomic E-state index is 5.64. The van der Waals surface area contributed by atoms with Gasteiger partial charge in [0.05, 0.1) is 0 Å². The number of benzene rings is 1. The van der Waals surface area contributed by atoms with E-state index >= 15 is 0 Å². The summed E-state index contributed by atoms with van der Waals surface area (Å²) in [5.74, 6) is 0. The van der Waals surface area contributed by atoms with Crippen LogP contribution in [0.1, 0.15) is 50.7 Å². The number of nitrogens with zero attached hydrogens (tertiary/aromatic N) is 1. The minimum atomic E-state index is 0.539. The van der Waals surface area contributed by atoms with Crippen molar-refractivity contribution in [1.29, 1.82) is 0 Å². The van der Waals surface area contributed by atoms with Crippen LogP contribution in [0.4, 0.5) is 5.69 Å². The zero-order valence-electron chi connectivity index (χ0n) is 13.6. The number of aryl methyl sites for hydroxylation is 1. The third-order valence-corrected chi connectivity index (χ3v) is 4.93. The summed E-state index contributed by atoms with van der Waals surface area (Å²) in [5.41, 5.74) is 10.3. The predicted octanol–water partition coefficient (Wildman–Crippen LogP) is 3.90. The lowest BCUT2D eigenvalue weighted by Gasteiger charge is -2.40. The van der Waals surface area contributed by atoms with Gasteiger partial charge in [-0.1, -0.05) is 26.0 Å². The monoisotopic (exact) mass is 274 g/mol. The molecule has 2 N–H and O–H groups in total. The summed E-state index contributed by atoms with van der Waals surface area (Å²) >= 11 is 0. The van der Waals surface area contributed by atoms with Gasteiger partial charge in [0.15, 0.2) is 0 Å². The van der Waals surface area contributed by atoms with Gasteiger partial charge in [-0.15, -0.1) is 0 Å². The molecule has 0 heterocycles. The van der Waals surface area contributed by atoms with Crippen LogP contribution < -0.4 is 10.6 Å². The van der Waals surface area contributed by atoms with Crippen molar-refractivity contribution in [2.75, 3.05) is 18.5 Å². The highest BCUT2D eigenvalue weighted by atomic mass is 15.1. The Bertz CT molecular complexity index is 441. The first-order valence-electron chi connectivity index (χ1n) is 7.95. The number of nitrogens with two attached hydrogens (primary N) is 1. The van der Waals surface area contributed by atoms with Crippen LogP contribution in [0.2, 0.25) is 0 Å². The molecule has 0 saturated heterocycles. The van der Waals surface area contributed by atoms with Crippen LogP contribution in [0.5, 0.6) is 0 Å². The molecular weight excluding hydrogens is 244 g/mol. The first kappa shape index (κ1) is 15.4. The topological polar surface area (TPSA) is 29.3 Å². The molecule has 0 unspecified atom stereocenters. The van der Waals surface area contributed by atoms with Crippen LogP contribution >= 0.6 is 0 Å². The first-order chi connectivity index (χ1) is 9.43. The molecule has 2 nitrogen and oxygen atoms in total. The molecule has 112 valence electrons. The molecule has 2 rings (SSSR count). The summed E-state index contributed by atoms with van der Waals surface area (Å²) < 4.78 is 0. The lowest BCUT2D eigenvalue weighted by atomic mass is 9.75. The van der Waals surface area contributed by atoms with E-state index in [0.29, 0.717) is 11.5 Å². The van der Waals surface area contributed by atoms with Gasteiger partial charge in [-0.3, -0.25) is 0 Å². The Morgan fingerprint density at radius 1 is 1.25 bits per heavy atom. The summed E-state index contributed by atoms with van der Waals surface area (Å²) in [7, 11) is 2.26. The van der Waals surface area contributed by atoms with Gasteiger partial charge in [-0.05, 0) is 68.2 Å².